The van der Waals surface area contributed by atoms with Gasteiger partial charge in [0.2, 0.25) is 16.0 Å². The van der Waals surface area contributed by atoms with Crippen molar-refractivity contribution in [1.82, 2.24) is 29.5 Å². The lowest BCUT2D eigenvalue weighted by Crippen LogP contribution is -2.24. The summed E-state index contributed by atoms with van der Waals surface area (Å²) < 4.78 is 28.0. The van der Waals surface area contributed by atoms with Gasteiger partial charge in [-0.25, -0.2) is 18.1 Å². The molecule has 0 saturated carbocycles. The van der Waals surface area contributed by atoms with Gasteiger partial charge in [-0.1, -0.05) is 0 Å². The summed E-state index contributed by atoms with van der Waals surface area (Å²) >= 11 is 0. The van der Waals surface area contributed by atoms with Crippen LogP contribution < -0.4 is 9.62 Å². The molecule has 0 aliphatic heterocycles. The number of rotatable bonds is 5. The van der Waals surface area contributed by atoms with E-state index in [0.717, 1.165) is 23.0 Å². The van der Waals surface area contributed by atoms with Gasteiger partial charge in [-0.05, 0) is 24.3 Å². The van der Waals surface area contributed by atoms with Crippen LogP contribution in [0, 0.1) is 0 Å². The van der Waals surface area contributed by atoms with E-state index in [1.807, 2.05) is 13.2 Å². The minimum atomic E-state index is -3.32. The predicted molar refractivity (Wildman–Crippen MR) is 106 cm³/mol. The first-order valence-corrected chi connectivity index (χ1v) is 10.2. The maximum Gasteiger partial charge on any atom is 0.231 e. The molecule has 10 nitrogen and oxygen atoms in total. The van der Waals surface area contributed by atoms with Crippen LogP contribution in [-0.2, 0) is 17.1 Å². The molecule has 3 aromatic heterocycles. The molecule has 0 aliphatic rings. The Kier molecular flexibility index (Phi) is 4.23. The monoisotopic (exact) mass is 398 g/mol. The Labute approximate surface area is 161 Å². The molecule has 1 aromatic carbocycles. The molecule has 0 atom stereocenters. The zero-order valence-corrected chi connectivity index (χ0v) is 16.3. The number of benzene rings is 1. The molecule has 11 heteroatoms. The molecular formula is C17H18N8O2S. The lowest BCUT2D eigenvalue weighted by atomic mass is 10.3. The van der Waals surface area contributed by atoms with Gasteiger partial charge in [0.25, 0.3) is 0 Å². The Hall–Kier alpha value is -3.47. The first-order chi connectivity index (χ1) is 13.3. The molecule has 4 aromatic rings. The summed E-state index contributed by atoms with van der Waals surface area (Å²) in [5, 5.41) is 12.4. The van der Waals surface area contributed by atoms with Gasteiger partial charge < -0.3 is 5.32 Å². The van der Waals surface area contributed by atoms with Gasteiger partial charge in [0.05, 0.1) is 41.1 Å². The molecule has 0 radical (unpaired) electrons. The van der Waals surface area contributed by atoms with Gasteiger partial charge in [0.15, 0.2) is 5.65 Å². The third-order valence-corrected chi connectivity index (χ3v) is 5.43. The Morgan fingerprint density at radius 1 is 1.07 bits per heavy atom. The van der Waals surface area contributed by atoms with Gasteiger partial charge in [0, 0.05) is 26.5 Å². The van der Waals surface area contributed by atoms with E-state index in [1.165, 1.54) is 11.4 Å². The van der Waals surface area contributed by atoms with Crippen molar-refractivity contribution in [2.45, 2.75) is 0 Å². The van der Waals surface area contributed by atoms with Crippen molar-refractivity contribution < 1.29 is 8.42 Å². The summed E-state index contributed by atoms with van der Waals surface area (Å²) in [5.74, 6) is 0.427. The van der Waals surface area contributed by atoms with E-state index < -0.39 is 10.0 Å². The molecule has 0 spiro atoms. The van der Waals surface area contributed by atoms with Crippen LogP contribution in [0.3, 0.4) is 0 Å². The van der Waals surface area contributed by atoms with Gasteiger partial charge in [0.1, 0.15) is 0 Å². The summed E-state index contributed by atoms with van der Waals surface area (Å²) in [6, 6.07) is 7.03. The predicted octanol–water partition coefficient (Wildman–Crippen LogP) is 1.69. The molecule has 144 valence electrons. The van der Waals surface area contributed by atoms with Gasteiger partial charge in [-0.15, -0.1) is 0 Å². The summed E-state index contributed by atoms with van der Waals surface area (Å²) in [6.07, 6.45) is 8.04. The van der Waals surface area contributed by atoms with Crippen molar-refractivity contribution in [3.05, 3.63) is 49.1 Å². The van der Waals surface area contributed by atoms with Crippen molar-refractivity contribution in [2.24, 2.45) is 7.05 Å². The number of aromatic nitrogens is 6. The van der Waals surface area contributed by atoms with Crippen molar-refractivity contribution in [1.29, 1.82) is 0 Å². The maximum atomic E-state index is 11.7. The van der Waals surface area contributed by atoms with Crippen LogP contribution in [0.2, 0.25) is 0 Å². The van der Waals surface area contributed by atoms with Crippen LogP contribution in [0.15, 0.2) is 49.1 Å². The summed E-state index contributed by atoms with van der Waals surface area (Å²) in [5.41, 5.74) is 2.73. The van der Waals surface area contributed by atoms with Crippen LogP contribution in [0.1, 0.15) is 0 Å². The van der Waals surface area contributed by atoms with Crippen LogP contribution in [0.5, 0.6) is 0 Å². The molecule has 1 N–H and O–H groups in total. The fraction of sp³-hybridized carbons (Fsp3) is 0.176. The molecule has 0 aliphatic carbocycles. The first-order valence-electron chi connectivity index (χ1n) is 8.32. The zero-order chi connectivity index (χ0) is 19.9. The molecule has 0 saturated heterocycles. The van der Waals surface area contributed by atoms with Crippen LogP contribution >= 0.6 is 0 Å². The number of hydrogen-bond acceptors (Lipinski definition) is 7. The van der Waals surface area contributed by atoms with Crippen molar-refractivity contribution >= 4 is 38.4 Å². The third-order valence-electron chi connectivity index (χ3n) is 4.23. The smallest absolute Gasteiger partial charge is 0.231 e. The minimum absolute atomic E-state index is 0.427. The van der Waals surface area contributed by atoms with E-state index in [9.17, 15) is 8.42 Å². The second-order valence-corrected chi connectivity index (χ2v) is 8.32. The highest BCUT2D eigenvalue weighted by Crippen LogP contribution is 2.22. The lowest BCUT2D eigenvalue weighted by Gasteiger charge is -2.16. The number of aryl methyl sites for hydroxylation is 1. The van der Waals surface area contributed by atoms with Gasteiger partial charge >= 0.3 is 0 Å². The third kappa shape index (κ3) is 3.39. The number of anilines is 3. The van der Waals surface area contributed by atoms with E-state index in [2.05, 4.69) is 25.5 Å². The molecule has 0 bridgehead atoms. The Bertz CT molecular complexity index is 1240. The summed E-state index contributed by atoms with van der Waals surface area (Å²) in [6.45, 7) is 0. The molecule has 0 fully saturated rings. The highest BCUT2D eigenvalue weighted by molar-refractivity contribution is 7.92. The Morgan fingerprint density at radius 2 is 1.82 bits per heavy atom. The topological polar surface area (TPSA) is 111 Å². The number of nitrogens with one attached hydrogen (secondary N) is 1. The lowest BCUT2D eigenvalue weighted by molar-refractivity contribution is 0.600. The van der Waals surface area contributed by atoms with E-state index >= 15 is 0 Å². The van der Waals surface area contributed by atoms with E-state index in [1.54, 1.807) is 52.2 Å². The van der Waals surface area contributed by atoms with Gasteiger partial charge in [-0.2, -0.15) is 15.2 Å². The molecule has 0 unspecified atom stereocenters. The van der Waals surface area contributed by atoms with Crippen LogP contribution in [0.4, 0.5) is 17.3 Å². The van der Waals surface area contributed by atoms with E-state index in [0.29, 0.717) is 17.3 Å². The Morgan fingerprint density at radius 3 is 2.46 bits per heavy atom. The van der Waals surface area contributed by atoms with Crippen molar-refractivity contribution in [3.8, 4) is 5.69 Å². The second-order valence-electron chi connectivity index (χ2n) is 6.30. The Balaban J connectivity index is 1.67. The highest BCUT2D eigenvalue weighted by Gasteiger charge is 2.13. The normalized spacial score (nSPS) is 11.7. The second kappa shape index (κ2) is 6.60. The largest absolute Gasteiger partial charge is 0.321 e. The fourth-order valence-corrected chi connectivity index (χ4v) is 3.18. The fourth-order valence-electron chi connectivity index (χ4n) is 2.68. The number of fused-ring (bicyclic) bond motifs is 1. The number of sulfonamides is 1. The van der Waals surface area contributed by atoms with E-state index in [-0.39, 0.29) is 0 Å². The quantitative estimate of drug-likeness (QED) is 0.544. The van der Waals surface area contributed by atoms with E-state index in [4.69, 9.17) is 0 Å². The maximum absolute atomic E-state index is 11.7. The minimum Gasteiger partial charge on any atom is -0.321 e. The summed E-state index contributed by atoms with van der Waals surface area (Å²) in [7, 11) is 0.0241. The molecule has 4 rings (SSSR count). The molecule has 28 heavy (non-hydrogen) atoms. The molecular weight excluding hydrogens is 380 g/mol. The zero-order valence-electron chi connectivity index (χ0n) is 15.5. The average molecular weight is 398 g/mol. The number of hydrogen-bond donors (Lipinski definition) is 1. The first kappa shape index (κ1) is 17.9. The average Bonchev–Trinajstić information content (AvgIpc) is 3.26. The number of nitrogens with zero attached hydrogens (tertiary/aromatic N) is 7. The van der Waals surface area contributed by atoms with Crippen LogP contribution in [-0.4, -0.2) is 51.3 Å². The van der Waals surface area contributed by atoms with Crippen molar-refractivity contribution in [2.75, 3.05) is 22.9 Å². The van der Waals surface area contributed by atoms with Gasteiger partial charge in [-0.3, -0.25) is 8.99 Å². The highest BCUT2D eigenvalue weighted by atomic mass is 32.2. The summed E-state index contributed by atoms with van der Waals surface area (Å²) in [4.78, 5) is 8.84. The van der Waals surface area contributed by atoms with Crippen LogP contribution in [0.25, 0.3) is 16.7 Å². The standard InChI is InChI=1S/C17H18N8O2S/c1-23-11-13(10-19-23)21-17-18-8-12-9-20-25(16(12)22-17)15-6-4-14(5-7-15)24(2)28(3,26)27/h4-11H,1-3H3,(H,18,21,22). The molecule has 3 heterocycles. The molecule has 0 amide bonds. The van der Waals surface area contributed by atoms with Crippen molar-refractivity contribution in [3.63, 3.8) is 0 Å². The SMILES string of the molecule is CN(c1ccc(-n2ncc3cnc(Nc4cnn(C)c4)nc32)cc1)S(C)(=O)=O.